The van der Waals surface area contributed by atoms with Crippen LogP contribution in [0.1, 0.15) is 22.3 Å². The molecule has 0 heterocycles. The van der Waals surface area contributed by atoms with Crippen LogP contribution < -0.4 is 5.73 Å². The summed E-state index contributed by atoms with van der Waals surface area (Å²) in [6.07, 6.45) is 0. The molecule has 0 aromatic heterocycles. The van der Waals surface area contributed by atoms with Crippen LogP contribution in [0.2, 0.25) is 0 Å². The van der Waals surface area contributed by atoms with Gasteiger partial charge >= 0.3 is 0 Å². The molecule has 0 radical (unpaired) electrons. The summed E-state index contributed by atoms with van der Waals surface area (Å²) in [5.74, 6) is 0. The van der Waals surface area contributed by atoms with E-state index in [1.54, 1.807) is 0 Å². The minimum Gasteiger partial charge on any atom is -0.389 e. The van der Waals surface area contributed by atoms with Gasteiger partial charge in [0.2, 0.25) is 0 Å². The summed E-state index contributed by atoms with van der Waals surface area (Å²) in [6, 6.07) is 16.7. The molecule has 20 heavy (non-hydrogen) atoms. The number of hydrogen-bond donors (Lipinski definition) is 1. The van der Waals surface area contributed by atoms with Gasteiger partial charge in [-0.05, 0) is 36.7 Å². The molecule has 0 aliphatic rings. The molecule has 2 N–H and O–H groups in total. The molecule has 0 aliphatic carbocycles. The smallest absolute Gasteiger partial charge is 0.103 e. The first-order valence-corrected chi connectivity index (χ1v) is 7.09. The average molecular weight is 284 g/mol. The van der Waals surface area contributed by atoms with E-state index in [0.717, 1.165) is 18.7 Å². The second-order valence-electron chi connectivity index (χ2n) is 5.16. The molecule has 0 unspecified atom stereocenters. The van der Waals surface area contributed by atoms with Gasteiger partial charge in [-0.25, -0.2) is 0 Å². The van der Waals surface area contributed by atoms with Gasteiger partial charge in [0.15, 0.2) is 0 Å². The lowest BCUT2D eigenvalue weighted by molar-refractivity contribution is 0.318. The Morgan fingerprint density at radius 1 is 1.10 bits per heavy atom. The summed E-state index contributed by atoms with van der Waals surface area (Å²) in [5.41, 5.74) is 10.5. The number of nitrogens with two attached hydrogens (primary N) is 1. The average Bonchev–Trinajstić information content (AvgIpc) is 2.42. The normalized spacial score (nSPS) is 10.8. The van der Waals surface area contributed by atoms with E-state index in [0.29, 0.717) is 4.99 Å². The van der Waals surface area contributed by atoms with Gasteiger partial charge in [-0.15, -0.1) is 0 Å². The summed E-state index contributed by atoms with van der Waals surface area (Å²) in [4.78, 5) is 2.76. The topological polar surface area (TPSA) is 29.3 Å². The van der Waals surface area contributed by atoms with Gasteiger partial charge in [0, 0.05) is 18.7 Å². The van der Waals surface area contributed by atoms with Crippen LogP contribution in [0.15, 0.2) is 48.5 Å². The third-order valence-corrected chi connectivity index (χ3v) is 3.60. The predicted octanol–water partition coefficient (Wildman–Crippen LogP) is 3.26. The van der Waals surface area contributed by atoms with Crippen LogP contribution in [-0.2, 0) is 13.1 Å². The maximum atomic E-state index is 5.66. The summed E-state index contributed by atoms with van der Waals surface area (Å²) >= 11 is 5.01. The van der Waals surface area contributed by atoms with Crippen LogP contribution in [0.25, 0.3) is 0 Å². The van der Waals surface area contributed by atoms with Gasteiger partial charge in [0.05, 0.1) is 0 Å². The molecule has 0 saturated carbocycles. The van der Waals surface area contributed by atoms with Crippen LogP contribution in [0.3, 0.4) is 0 Å². The standard InChI is InChI=1S/C17H20N2S/c1-13-10-15(17(18)20)8-9-16(13)12-19(2)11-14-6-4-3-5-7-14/h3-10H,11-12H2,1-2H3,(H2,18,20). The number of thiocarbonyl (C=S) groups is 1. The number of hydrogen-bond acceptors (Lipinski definition) is 2. The number of aryl methyl sites for hydroxylation is 1. The first-order valence-electron chi connectivity index (χ1n) is 6.68. The predicted molar refractivity (Wildman–Crippen MR) is 88.7 cm³/mol. The summed E-state index contributed by atoms with van der Waals surface area (Å²) in [7, 11) is 2.13. The Kier molecular flexibility index (Phi) is 4.88. The van der Waals surface area contributed by atoms with Gasteiger partial charge in [-0.3, -0.25) is 4.90 Å². The van der Waals surface area contributed by atoms with Crippen LogP contribution in [0.4, 0.5) is 0 Å². The van der Waals surface area contributed by atoms with Crippen molar-refractivity contribution in [2.24, 2.45) is 5.73 Å². The maximum absolute atomic E-state index is 5.66. The van der Waals surface area contributed by atoms with Gasteiger partial charge in [-0.1, -0.05) is 54.7 Å². The van der Waals surface area contributed by atoms with Crippen molar-refractivity contribution in [3.8, 4) is 0 Å². The van der Waals surface area contributed by atoms with Crippen molar-refractivity contribution in [1.29, 1.82) is 0 Å². The van der Waals surface area contributed by atoms with E-state index in [9.17, 15) is 0 Å². The molecule has 2 rings (SSSR count). The van der Waals surface area contributed by atoms with Crippen LogP contribution >= 0.6 is 12.2 Å². The monoisotopic (exact) mass is 284 g/mol. The van der Waals surface area contributed by atoms with E-state index in [2.05, 4.69) is 55.3 Å². The number of benzene rings is 2. The summed E-state index contributed by atoms with van der Waals surface area (Å²) in [5, 5.41) is 0. The van der Waals surface area contributed by atoms with Crippen molar-refractivity contribution in [3.63, 3.8) is 0 Å². The first-order chi connectivity index (χ1) is 9.56. The molecule has 0 atom stereocenters. The van der Waals surface area contributed by atoms with E-state index >= 15 is 0 Å². The fourth-order valence-corrected chi connectivity index (χ4v) is 2.40. The minimum atomic E-state index is 0.456. The van der Waals surface area contributed by atoms with Crippen molar-refractivity contribution in [2.45, 2.75) is 20.0 Å². The van der Waals surface area contributed by atoms with E-state index in [1.807, 2.05) is 12.1 Å². The van der Waals surface area contributed by atoms with Gasteiger partial charge < -0.3 is 5.73 Å². The van der Waals surface area contributed by atoms with Crippen LogP contribution in [0, 0.1) is 6.92 Å². The zero-order valence-corrected chi connectivity index (χ0v) is 12.8. The zero-order valence-electron chi connectivity index (χ0n) is 12.0. The molecular weight excluding hydrogens is 264 g/mol. The summed E-state index contributed by atoms with van der Waals surface area (Å²) < 4.78 is 0. The maximum Gasteiger partial charge on any atom is 0.103 e. The van der Waals surface area contributed by atoms with Crippen LogP contribution in [-0.4, -0.2) is 16.9 Å². The Morgan fingerprint density at radius 3 is 2.40 bits per heavy atom. The lowest BCUT2D eigenvalue weighted by Gasteiger charge is -2.18. The zero-order chi connectivity index (χ0) is 14.5. The number of rotatable bonds is 5. The Bertz CT molecular complexity index is 593. The molecule has 0 aliphatic heterocycles. The van der Waals surface area contributed by atoms with E-state index in [4.69, 9.17) is 18.0 Å². The molecule has 2 aromatic carbocycles. The van der Waals surface area contributed by atoms with Crippen molar-refractivity contribution < 1.29 is 0 Å². The first kappa shape index (κ1) is 14.7. The molecule has 2 nitrogen and oxygen atoms in total. The highest BCUT2D eigenvalue weighted by Gasteiger charge is 2.06. The van der Waals surface area contributed by atoms with Crippen LogP contribution in [0.5, 0.6) is 0 Å². The van der Waals surface area contributed by atoms with E-state index < -0.39 is 0 Å². The highest BCUT2D eigenvalue weighted by atomic mass is 32.1. The van der Waals surface area contributed by atoms with Crippen molar-refractivity contribution >= 4 is 17.2 Å². The largest absolute Gasteiger partial charge is 0.389 e. The van der Waals surface area contributed by atoms with Gasteiger partial charge in [0.25, 0.3) is 0 Å². The number of nitrogens with zero attached hydrogens (tertiary/aromatic N) is 1. The lowest BCUT2D eigenvalue weighted by Crippen LogP contribution is -2.18. The Balaban J connectivity index is 2.04. The van der Waals surface area contributed by atoms with E-state index in [1.165, 1.54) is 16.7 Å². The SMILES string of the molecule is Cc1cc(C(N)=S)ccc1CN(C)Cc1ccccc1. The quantitative estimate of drug-likeness (QED) is 0.855. The second-order valence-corrected chi connectivity index (χ2v) is 5.60. The molecule has 0 spiro atoms. The lowest BCUT2D eigenvalue weighted by atomic mass is 10.0. The third-order valence-electron chi connectivity index (χ3n) is 3.36. The van der Waals surface area contributed by atoms with Gasteiger partial charge in [-0.2, -0.15) is 0 Å². The molecular formula is C17H20N2S. The van der Waals surface area contributed by atoms with Crippen molar-refractivity contribution in [1.82, 2.24) is 4.90 Å². The van der Waals surface area contributed by atoms with E-state index in [-0.39, 0.29) is 0 Å². The van der Waals surface area contributed by atoms with Crippen molar-refractivity contribution in [3.05, 3.63) is 70.8 Å². The van der Waals surface area contributed by atoms with Crippen molar-refractivity contribution in [2.75, 3.05) is 7.05 Å². The Labute approximate surface area is 126 Å². The molecule has 0 fully saturated rings. The fourth-order valence-electron chi connectivity index (χ4n) is 2.27. The third kappa shape index (κ3) is 3.89. The fraction of sp³-hybridized carbons (Fsp3) is 0.235. The molecule has 3 heteroatoms. The highest BCUT2D eigenvalue weighted by molar-refractivity contribution is 7.80. The minimum absolute atomic E-state index is 0.456. The molecule has 0 saturated heterocycles. The molecule has 2 aromatic rings. The molecule has 0 bridgehead atoms. The van der Waals surface area contributed by atoms with Gasteiger partial charge in [0.1, 0.15) is 4.99 Å². The Morgan fingerprint density at radius 2 is 1.80 bits per heavy atom. The molecule has 0 amide bonds. The highest BCUT2D eigenvalue weighted by Crippen LogP contribution is 2.14. The second kappa shape index (κ2) is 6.64. The summed E-state index contributed by atoms with van der Waals surface area (Å²) in [6.45, 7) is 3.96. The Hall–Kier alpha value is -1.71. The molecule has 104 valence electrons.